The molecule has 0 unspecified atom stereocenters. The number of carbonyl (C=O) groups excluding carboxylic acids is 3. The van der Waals surface area contributed by atoms with Crippen molar-refractivity contribution in [2.75, 3.05) is 6.61 Å². The molecule has 0 aromatic heterocycles. The van der Waals surface area contributed by atoms with Gasteiger partial charge >= 0.3 is 5.97 Å². The fourth-order valence-corrected chi connectivity index (χ4v) is 3.13. The molecule has 0 aliphatic carbocycles. The van der Waals surface area contributed by atoms with Crippen LogP contribution < -0.4 is 10.0 Å². The van der Waals surface area contributed by atoms with E-state index >= 15 is 0 Å². The van der Waals surface area contributed by atoms with Crippen molar-refractivity contribution in [3.8, 4) is 0 Å². The summed E-state index contributed by atoms with van der Waals surface area (Å²) in [4.78, 5) is 34.7. The van der Waals surface area contributed by atoms with Gasteiger partial charge in [-0.3, -0.25) is 14.4 Å². The van der Waals surface area contributed by atoms with Gasteiger partial charge in [0.1, 0.15) is 6.04 Å². The number of ketones is 1. The van der Waals surface area contributed by atoms with Crippen LogP contribution >= 0.6 is 0 Å². The Morgan fingerprint density at radius 2 is 1.65 bits per heavy atom. The lowest BCUT2D eigenvalue weighted by Gasteiger charge is -2.20. The highest BCUT2D eigenvalue weighted by atomic mass is 32.2. The van der Waals surface area contributed by atoms with E-state index in [2.05, 4.69) is 10.0 Å². The van der Waals surface area contributed by atoms with Gasteiger partial charge < -0.3 is 10.1 Å². The number of esters is 1. The van der Waals surface area contributed by atoms with E-state index in [1.807, 2.05) is 0 Å². The Bertz CT molecular complexity index is 778. The normalized spacial score (nSPS) is 13.0. The number of Topliss-reactive ketones (excluding diaryl/α,β-unsaturated/α-hetero) is 1. The van der Waals surface area contributed by atoms with Gasteiger partial charge in [-0.25, -0.2) is 8.42 Å². The van der Waals surface area contributed by atoms with E-state index in [-0.39, 0.29) is 10.7 Å². The molecule has 0 aliphatic rings. The van der Waals surface area contributed by atoms with Gasteiger partial charge in [0, 0.05) is 11.1 Å². The van der Waals surface area contributed by atoms with Gasteiger partial charge in [0.2, 0.25) is 10.0 Å². The number of amides is 1. The van der Waals surface area contributed by atoms with Crippen molar-refractivity contribution < 1.29 is 27.5 Å². The van der Waals surface area contributed by atoms with Crippen LogP contribution in [0.4, 0.5) is 0 Å². The molecule has 0 aliphatic heterocycles. The third-order valence-electron chi connectivity index (χ3n) is 3.12. The zero-order valence-electron chi connectivity index (χ0n) is 15.5. The molecule has 0 spiro atoms. The smallest absolute Gasteiger partial charge is 0.324 e. The Kier molecular flexibility index (Phi) is 7.05. The second-order valence-electron chi connectivity index (χ2n) is 6.83. The Labute approximate surface area is 153 Å². The molecule has 1 atom stereocenters. The van der Waals surface area contributed by atoms with Crippen LogP contribution in [-0.2, 0) is 24.3 Å². The third kappa shape index (κ3) is 6.93. The summed E-state index contributed by atoms with van der Waals surface area (Å²) in [6, 6.07) is 4.13. The highest BCUT2D eigenvalue weighted by Gasteiger charge is 2.24. The first kappa shape index (κ1) is 21.8. The lowest BCUT2D eigenvalue weighted by Crippen LogP contribution is -2.44. The summed E-state index contributed by atoms with van der Waals surface area (Å²) < 4.78 is 31.5. The monoisotopic (exact) mass is 384 g/mol. The van der Waals surface area contributed by atoms with Crippen molar-refractivity contribution in [2.24, 2.45) is 0 Å². The van der Waals surface area contributed by atoms with Gasteiger partial charge in [0.25, 0.3) is 5.91 Å². The minimum Gasteiger partial charge on any atom is -0.454 e. The maximum atomic E-state index is 12.3. The number of hydrogen-bond acceptors (Lipinski definition) is 6. The maximum absolute atomic E-state index is 12.3. The summed E-state index contributed by atoms with van der Waals surface area (Å²) >= 11 is 0. The van der Waals surface area contributed by atoms with Crippen LogP contribution in [0.3, 0.4) is 0 Å². The molecule has 26 heavy (non-hydrogen) atoms. The number of rotatable bonds is 7. The number of nitrogens with one attached hydrogen (secondary N) is 2. The molecule has 2 N–H and O–H groups in total. The highest BCUT2D eigenvalue weighted by Crippen LogP contribution is 2.12. The largest absolute Gasteiger partial charge is 0.454 e. The van der Waals surface area contributed by atoms with E-state index in [4.69, 9.17) is 4.74 Å². The second kappa shape index (κ2) is 8.41. The van der Waals surface area contributed by atoms with Crippen molar-refractivity contribution in [2.45, 2.75) is 51.1 Å². The predicted molar refractivity (Wildman–Crippen MR) is 95.1 cm³/mol. The molecule has 144 valence electrons. The van der Waals surface area contributed by atoms with Crippen molar-refractivity contribution in [3.63, 3.8) is 0 Å². The summed E-state index contributed by atoms with van der Waals surface area (Å²) in [7, 11) is -3.98. The topological polar surface area (TPSA) is 119 Å². The predicted octanol–water partition coefficient (Wildman–Crippen LogP) is 1.01. The average Bonchev–Trinajstić information content (AvgIpc) is 2.50. The Morgan fingerprint density at radius 1 is 1.12 bits per heavy atom. The highest BCUT2D eigenvalue weighted by molar-refractivity contribution is 7.89. The fraction of sp³-hybridized carbons (Fsp3) is 0.471. The molecule has 8 nitrogen and oxygen atoms in total. The zero-order chi connectivity index (χ0) is 20.1. The molecule has 1 rings (SSSR count). The first-order chi connectivity index (χ1) is 11.8. The van der Waals surface area contributed by atoms with Crippen molar-refractivity contribution in [1.82, 2.24) is 10.0 Å². The van der Waals surface area contributed by atoms with E-state index in [1.54, 1.807) is 20.8 Å². The van der Waals surface area contributed by atoms with Crippen LogP contribution in [0, 0.1) is 0 Å². The zero-order valence-corrected chi connectivity index (χ0v) is 16.3. The van der Waals surface area contributed by atoms with Gasteiger partial charge in [-0.2, -0.15) is 4.72 Å². The molecule has 1 aromatic rings. The molecule has 0 heterocycles. The van der Waals surface area contributed by atoms with Crippen molar-refractivity contribution >= 4 is 27.7 Å². The van der Waals surface area contributed by atoms with Gasteiger partial charge in [0.05, 0.1) is 4.90 Å². The standard InChI is InChI=1S/C17H24N2O6S/c1-11(16(22)25-10-15(21)18-17(3,4)5)19-26(23,24)14-8-6-13(7-9-14)12(2)20/h6-9,11,19H,10H2,1-5H3,(H,18,21)/t11-/m0/s1. The molecule has 1 amide bonds. The van der Waals surface area contributed by atoms with Crippen LogP contribution in [0.15, 0.2) is 29.2 Å². The van der Waals surface area contributed by atoms with E-state index in [1.165, 1.54) is 38.1 Å². The van der Waals surface area contributed by atoms with Crippen LogP contribution in [0.2, 0.25) is 0 Å². The molecule has 0 radical (unpaired) electrons. The number of benzene rings is 1. The van der Waals surface area contributed by atoms with E-state index in [0.29, 0.717) is 5.56 Å². The minimum atomic E-state index is -3.98. The second-order valence-corrected chi connectivity index (χ2v) is 8.54. The molecule has 0 saturated heterocycles. The first-order valence-corrected chi connectivity index (χ1v) is 9.41. The molecule has 1 aromatic carbocycles. The van der Waals surface area contributed by atoms with Crippen LogP contribution in [0.25, 0.3) is 0 Å². The van der Waals surface area contributed by atoms with Gasteiger partial charge in [-0.1, -0.05) is 12.1 Å². The van der Waals surface area contributed by atoms with Gasteiger partial charge in [0.15, 0.2) is 12.4 Å². The minimum absolute atomic E-state index is 0.0902. The molecule has 0 fully saturated rings. The van der Waals surface area contributed by atoms with Crippen molar-refractivity contribution in [1.29, 1.82) is 0 Å². The summed E-state index contributed by atoms with van der Waals surface area (Å²) in [5.41, 5.74) is -0.0933. The Morgan fingerprint density at radius 3 is 2.12 bits per heavy atom. The summed E-state index contributed by atoms with van der Waals surface area (Å²) in [6.07, 6.45) is 0. The summed E-state index contributed by atoms with van der Waals surface area (Å²) in [6.45, 7) is 7.51. The number of hydrogen-bond donors (Lipinski definition) is 2. The first-order valence-electron chi connectivity index (χ1n) is 7.93. The van der Waals surface area contributed by atoms with Crippen molar-refractivity contribution in [3.05, 3.63) is 29.8 Å². The van der Waals surface area contributed by atoms with E-state index in [0.717, 1.165) is 0 Å². The van der Waals surface area contributed by atoms with E-state index < -0.39 is 40.1 Å². The SMILES string of the molecule is CC(=O)c1ccc(S(=O)(=O)N[C@@H](C)C(=O)OCC(=O)NC(C)(C)C)cc1. The quantitative estimate of drug-likeness (QED) is 0.535. The van der Waals surface area contributed by atoms with Crippen LogP contribution in [0.1, 0.15) is 45.0 Å². The van der Waals surface area contributed by atoms with Crippen LogP contribution in [-0.4, -0.2) is 44.3 Å². The molecule has 9 heteroatoms. The Balaban J connectivity index is 2.67. The maximum Gasteiger partial charge on any atom is 0.324 e. The number of ether oxygens (including phenoxy) is 1. The summed E-state index contributed by atoms with van der Waals surface area (Å²) in [5.74, 6) is -1.55. The average molecular weight is 384 g/mol. The third-order valence-corrected chi connectivity index (χ3v) is 4.67. The van der Waals surface area contributed by atoms with Gasteiger partial charge in [-0.05, 0) is 46.8 Å². The van der Waals surface area contributed by atoms with E-state index in [9.17, 15) is 22.8 Å². The number of carbonyl (C=O) groups is 3. The number of sulfonamides is 1. The molecule has 0 saturated carbocycles. The molecular formula is C17H24N2O6S. The lowest BCUT2D eigenvalue weighted by molar-refractivity contribution is -0.150. The van der Waals surface area contributed by atoms with Gasteiger partial charge in [-0.15, -0.1) is 0 Å². The fourth-order valence-electron chi connectivity index (χ4n) is 1.93. The molecular weight excluding hydrogens is 360 g/mol. The molecule has 0 bridgehead atoms. The van der Waals surface area contributed by atoms with Crippen LogP contribution in [0.5, 0.6) is 0 Å². The Hall–Kier alpha value is -2.26. The summed E-state index contributed by atoms with van der Waals surface area (Å²) in [5, 5.41) is 2.62. The lowest BCUT2D eigenvalue weighted by atomic mass is 10.1.